The van der Waals surface area contributed by atoms with Crippen molar-refractivity contribution in [3.63, 3.8) is 0 Å². The van der Waals surface area contributed by atoms with Crippen molar-refractivity contribution in [1.29, 1.82) is 0 Å². The third-order valence-corrected chi connectivity index (χ3v) is 6.62. The highest BCUT2D eigenvalue weighted by Gasteiger charge is 2.60. The van der Waals surface area contributed by atoms with E-state index in [0.29, 0.717) is 13.2 Å². The van der Waals surface area contributed by atoms with E-state index in [-0.39, 0.29) is 5.91 Å². The first-order chi connectivity index (χ1) is 15.1. The lowest BCUT2D eigenvalue weighted by Gasteiger charge is -2.49. The zero-order valence-electron chi connectivity index (χ0n) is 17.5. The van der Waals surface area contributed by atoms with E-state index in [1.165, 1.54) is 5.56 Å². The van der Waals surface area contributed by atoms with Crippen molar-refractivity contribution in [2.24, 2.45) is 0 Å². The molecule has 2 aliphatic rings. The lowest BCUT2D eigenvalue weighted by Crippen LogP contribution is -2.62. The van der Waals surface area contributed by atoms with E-state index < -0.39 is 10.4 Å². The molecule has 166 valence electrons. The standard InChI is InChI=1S/C24H28Cl2N2O3/c25-24(26)22(28(23(24)29)13-11-19-7-2-1-3-8-19)20-9-4-5-10-21(20)31-16-6-12-27-14-17-30-18-15-27/h1-5,7-10,22H,6,11-18H2. The van der Waals surface area contributed by atoms with Gasteiger partial charge in [-0.05, 0) is 24.5 Å². The van der Waals surface area contributed by atoms with Gasteiger partial charge in [-0.1, -0.05) is 71.7 Å². The highest BCUT2D eigenvalue weighted by Crippen LogP contribution is 2.52. The Morgan fingerprint density at radius 2 is 1.71 bits per heavy atom. The summed E-state index contributed by atoms with van der Waals surface area (Å²) >= 11 is 12.9. The summed E-state index contributed by atoms with van der Waals surface area (Å²) < 4.78 is 10.0. The summed E-state index contributed by atoms with van der Waals surface area (Å²) in [7, 11) is 0. The van der Waals surface area contributed by atoms with E-state index >= 15 is 0 Å². The summed E-state index contributed by atoms with van der Waals surface area (Å²) in [4.78, 5) is 16.8. The Bertz CT molecular complexity index is 872. The minimum absolute atomic E-state index is 0.251. The molecule has 4 rings (SSSR count). The molecule has 2 saturated heterocycles. The second-order valence-electron chi connectivity index (χ2n) is 7.95. The van der Waals surface area contributed by atoms with Crippen molar-refractivity contribution in [3.05, 3.63) is 65.7 Å². The predicted molar refractivity (Wildman–Crippen MR) is 123 cm³/mol. The number of morpholine rings is 1. The minimum atomic E-state index is -1.47. The number of para-hydroxylation sites is 1. The molecule has 1 unspecified atom stereocenters. The van der Waals surface area contributed by atoms with Crippen molar-refractivity contribution in [3.8, 4) is 5.75 Å². The molecular weight excluding hydrogens is 435 g/mol. The SMILES string of the molecule is O=C1N(CCc2ccccc2)C(c2ccccc2OCCCN2CCOCC2)C1(Cl)Cl. The van der Waals surface area contributed by atoms with Gasteiger partial charge in [-0.2, -0.15) is 0 Å². The number of nitrogens with zero attached hydrogens (tertiary/aromatic N) is 2. The molecule has 5 nitrogen and oxygen atoms in total. The van der Waals surface area contributed by atoms with E-state index in [2.05, 4.69) is 17.0 Å². The van der Waals surface area contributed by atoms with E-state index in [1.807, 2.05) is 42.5 Å². The average Bonchev–Trinajstić information content (AvgIpc) is 2.81. The van der Waals surface area contributed by atoms with Gasteiger partial charge in [0.25, 0.3) is 5.91 Å². The van der Waals surface area contributed by atoms with Crippen molar-refractivity contribution in [2.75, 3.05) is 46.0 Å². The fourth-order valence-electron chi connectivity index (χ4n) is 4.18. The Balaban J connectivity index is 1.39. The molecular formula is C24H28Cl2N2O3. The van der Waals surface area contributed by atoms with Gasteiger partial charge >= 0.3 is 0 Å². The Morgan fingerprint density at radius 3 is 2.48 bits per heavy atom. The number of amides is 1. The molecule has 2 aromatic rings. The molecule has 2 heterocycles. The Kier molecular flexibility index (Phi) is 7.39. The zero-order valence-corrected chi connectivity index (χ0v) is 19.0. The van der Waals surface area contributed by atoms with E-state index in [9.17, 15) is 4.79 Å². The summed E-state index contributed by atoms with van der Waals surface area (Å²) in [5.74, 6) is 0.483. The normalized spacial score (nSPS) is 21.0. The van der Waals surface area contributed by atoms with Crippen molar-refractivity contribution in [2.45, 2.75) is 23.2 Å². The number of alkyl halides is 2. The van der Waals surface area contributed by atoms with Gasteiger partial charge in [0.05, 0.1) is 19.8 Å². The molecule has 2 aromatic carbocycles. The monoisotopic (exact) mass is 462 g/mol. The average molecular weight is 463 g/mol. The molecule has 0 saturated carbocycles. The lowest BCUT2D eigenvalue weighted by molar-refractivity contribution is -0.148. The molecule has 2 aliphatic heterocycles. The van der Waals surface area contributed by atoms with Crippen LogP contribution in [0.25, 0.3) is 0 Å². The van der Waals surface area contributed by atoms with Crippen molar-refractivity contribution < 1.29 is 14.3 Å². The fourth-order valence-corrected chi connectivity index (χ4v) is 4.86. The van der Waals surface area contributed by atoms with E-state index in [0.717, 1.165) is 57.0 Å². The van der Waals surface area contributed by atoms with E-state index in [4.69, 9.17) is 32.7 Å². The molecule has 0 spiro atoms. The van der Waals surface area contributed by atoms with Gasteiger partial charge in [-0.3, -0.25) is 9.69 Å². The van der Waals surface area contributed by atoms with Crippen LogP contribution >= 0.6 is 23.2 Å². The number of β-lactam (4-membered cyclic amide) rings is 1. The van der Waals surface area contributed by atoms with Crippen LogP contribution in [0.1, 0.15) is 23.6 Å². The maximum absolute atomic E-state index is 12.6. The van der Waals surface area contributed by atoms with E-state index in [1.54, 1.807) is 4.90 Å². The molecule has 2 fully saturated rings. The third kappa shape index (κ3) is 5.17. The summed E-state index contributed by atoms with van der Waals surface area (Å²) in [5, 5.41) is 0. The molecule has 0 radical (unpaired) electrons. The van der Waals surface area contributed by atoms with Crippen LogP contribution in [0, 0.1) is 0 Å². The maximum Gasteiger partial charge on any atom is 0.262 e. The molecule has 0 bridgehead atoms. The van der Waals surface area contributed by atoms with Gasteiger partial charge < -0.3 is 14.4 Å². The number of benzene rings is 2. The number of hydrogen-bond donors (Lipinski definition) is 0. The number of likely N-dealkylation sites (tertiary alicyclic amines) is 1. The number of ether oxygens (including phenoxy) is 2. The molecule has 0 aromatic heterocycles. The Morgan fingerprint density at radius 1 is 1.00 bits per heavy atom. The first-order valence-electron chi connectivity index (χ1n) is 10.8. The summed E-state index contributed by atoms with van der Waals surface area (Å²) in [6, 6.07) is 17.4. The van der Waals surface area contributed by atoms with Crippen LogP contribution in [-0.4, -0.2) is 66.0 Å². The number of halogens is 2. The van der Waals surface area contributed by atoms with Crippen LogP contribution in [0.4, 0.5) is 0 Å². The zero-order chi connectivity index (χ0) is 21.7. The first kappa shape index (κ1) is 22.4. The second-order valence-corrected chi connectivity index (χ2v) is 9.34. The van der Waals surface area contributed by atoms with Crippen LogP contribution in [0.5, 0.6) is 5.75 Å². The summed E-state index contributed by atoms with van der Waals surface area (Å²) in [6.45, 7) is 5.66. The highest BCUT2D eigenvalue weighted by molar-refractivity contribution is 6.60. The first-order valence-corrected chi connectivity index (χ1v) is 11.6. The largest absolute Gasteiger partial charge is 0.493 e. The number of carbonyl (C=O) groups is 1. The topological polar surface area (TPSA) is 42.0 Å². The van der Waals surface area contributed by atoms with Gasteiger partial charge in [0.1, 0.15) is 11.8 Å². The highest BCUT2D eigenvalue weighted by atomic mass is 35.5. The van der Waals surface area contributed by atoms with Crippen molar-refractivity contribution >= 4 is 29.1 Å². The molecule has 7 heteroatoms. The fraction of sp³-hybridized carbons (Fsp3) is 0.458. The van der Waals surface area contributed by atoms with Gasteiger partial charge in [-0.15, -0.1) is 0 Å². The van der Waals surface area contributed by atoms with Gasteiger partial charge in [0.15, 0.2) is 0 Å². The molecule has 31 heavy (non-hydrogen) atoms. The van der Waals surface area contributed by atoms with Crippen LogP contribution in [0.2, 0.25) is 0 Å². The number of rotatable bonds is 9. The second kappa shape index (κ2) is 10.2. The Hall–Kier alpha value is -1.79. The maximum atomic E-state index is 12.6. The van der Waals surface area contributed by atoms with Crippen LogP contribution in [-0.2, 0) is 16.0 Å². The molecule has 0 aliphatic carbocycles. The minimum Gasteiger partial charge on any atom is -0.493 e. The quantitative estimate of drug-likeness (QED) is 0.319. The molecule has 1 atom stereocenters. The Labute approximate surface area is 193 Å². The summed E-state index contributed by atoms with van der Waals surface area (Å²) in [6.07, 6.45) is 1.66. The predicted octanol–water partition coefficient (Wildman–Crippen LogP) is 4.09. The number of hydrogen-bond acceptors (Lipinski definition) is 4. The van der Waals surface area contributed by atoms with Gasteiger partial charge in [-0.25, -0.2) is 0 Å². The van der Waals surface area contributed by atoms with Crippen molar-refractivity contribution in [1.82, 2.24) is 9.80 Å². The summed E-state index contributed by atoms with van der Waals surface area (Å²) in [5.41, 5.74) is 2.02. The van der Waals surface area contributed by atoms with Crippen LogP contribution in [0.3, 0.4) is 0 Å². The third-order valence-electron chi connectivity index (χ3n) is 5.88. The van der Waals surface area contributed by atoms with Gasteiger partial charge in [0, 0.05) is 31.7 Å². The molecule has 0 N–H and O–H groups in total. The smallest absolute Gasteiger partial charge is 0.262 e. The number of carbonyl (C=O) groups excluding carboxylic acids is 1. The van der Waals surface area contributed by atoms with Crippen LogP contribution < -0.4 is 4.74 Å². The van der Waals surface area contributed by atoms with Crippen LogP contribution in [0.15, 0.2) is 54.6 Å². The lowest BCUT2D eigenvalue weighted by atomic mass is 9.91. The van der Waals surface area contributed by atoms with Gasteiger partial charge in [0.2, 0.25) is 4.33 Å². The molecule has 1 amide bonds.